The number of hydrogen-bond acceptors (Lipinski definition) is 7. The smallest absolute Gasteiger partial charge is 0.342 e. The number of nitrogens with zero attached hydrogens (tertiary/aromatic N) is 2. The van der Waals surface area contributed by atoms with Gasteiger partial charge in [-0.1, -0.05) is 18.1 Å². The maximum atomic E-state index is 12.1. The van der Waals surface area contributed by atoms with E-state index < -0.39 is 12.1 Å². The fourth-order valence-corrected chi connectivity index (χ4v) is 1.88. The molecular weight excluding hydrogens is 288 g/mol. The molecule has 1 heterocycles. The molecule has 0 saturated carbocycles. The Morgan fingerprint density at radius 1 is 1.45 bits per heavy atom. The minimum absolute atomic E-state index is 0.0134. The lowest BCUT2D eigenvalue weighted by Gasteiger charge is -2.11. The molecule has 0 radical (unpaired) electrons. The monoisotopic (exact) mass is 306 g/mol. The summed E-state index contributed by atoms with van der Waals surface area (Å²) in [7, 11) is 1.40. The van der Waals surface area contributed by atoms with Gasteiger partial charge in [-0.3, -0.25) is 0 Å². The number of aromatic hydroxyl groups is 1. The predicted octanol–water partition coefficient (Wildman–Crippen LogP) is 2.65. The van der Waals surface area contributed by atoms with Gasteiger partial charge in [0.1, 0.15) is 5.56 Å². The molecule has 1 aromatic carbocycles. The molecule has 0 saturated heterocycles. The van der Waals surface area contributed by atoms with Gasteiger partial charge in [-0.2, -0.15) is 4.98 Å². The third-order valence-corrected chi connectivity index (χ3v) is 3.03. The number of methoxy groups -OCH3 is 1. The van der Waals surface area contributed by atoms with Crippen LogP contribution in [0.2, 0.25) is 0 Å². The Labute approximate surface area is 127 Å². The molecule has 2 aromatic rings. The van der Waals surface area contributed by atoms with Gasteiger partial charge < -0.3 is 19.1 Å². The maximum Gasteiger partial charge on any atom is 0.342 e. The first-order valence-electron chi connectivity index (χ1n) is 6.96. The predicted molar refractivity (Wildman–Crippen MR) is 76.8 cm³/mol. The lowest BCUT2D eigenvalue weighted by molar-refractivity contribution is 0.0262. The molecule has 0 bridgehead atoms. The zero-order valence-corrected chi connectivity index (χ0v) is 12.7. The van der Waals surface area contributed by atoms with Gasteiger partial charge in [0.05, 0.1) is 7.11 Å². The van der Waals surface area contributed by atoms with Gasteiger partial charge in [0, 0.05) is 6.42 Å². The number of phenols is 1. The van der Waals surface area contributed by atoms with Gasteiger partial charge in [0.15, 0.2) is 23.4 Å². The van der Waals surface area contributed by atoms with E-state index in [1.54, 1.807) is 19.1 Å². The van der Waals surface area contributed by atoms with Crippen molar-refractivity contribution in [2.75, 3.05) is 7.11 Å². The van der Waals surface area contributed by atoms with Crippen LogP contribution in [0.1, 0.15) is 48.4 Å². The fourth-order valence-electron chi connectivity index (χ4n) is 1.88. The van der Waals surface area contributed by atoms with Crippen molar-refractivity contribution in [1.82, 2.24) is 10.1 Å². The molecule has 7 nitrogen and oxygen atoms in total. The number of ether oxygens (including phenoxy) is 2. The van der Waals surface area contributed by atoms with Crippen molar-refractivity contribution >= 4 is 5.97 Å². The Balaban J connectivity index is 2.10. The summed E-state index contributed by atoms with van der Waals surface area (Å²) in [6.45, 7) is 3.63. The molecule has 2 rings (SSSR count). The van der Waals surface area contributed by atoms with Crippen LogP contribution in [0.15, 0.2) is 22.7 Å². The van der Waals surface area contributed by atoms with Gasteiger partial charge in [0.2, 0.25) is 0 Å². The number of benzene rings is 1. The van der Waals surface area contributed by atoms with Crippen LogP contribution in [-0.4, -0.2) is 28.3 Å². The van der Waals surface area contributed by atoms with E-state index in [0.29, 0.717) is 12.2 Å². The van der Waals surface area contributed by atoms with Gasteiger partial charge in [0.25, 0.3) is 5.89 Å². The third kappa shape index (κ3) is 3.36. The Hall–Kier alpha value is -2.57. The molecule has 1 N–H and O–H groups in total. The number of aryl methyl sites for hydroxylation is 1. The summed E-state index contributed by atoms with van der Waals surface area (Å²) in [6.07, 6.45) is 0.877. The standard InChI is InChI=1S/C15H18N2O5/c1-4-6-12-16-14(22-17-12)9(2)21-15(19)10-7-5-8-11(20-3)13(10)18/h5,7-9,18H,4,6H2,1-3H3/t9-/m0/s1. The Bertz CT molecular complexity index is 653. The Morgan fingerprint density at radius 2 is 2.23 bits per heavy atom. The molecule has 0 spiro atoms. The van der Waals surface area contributed by atoms with E-state index in [9.17, 15) is 9.90 Å². The van der Waals surface area contributed by atoms with Crippen LogP contribution in [0.5, 0.6) is 11.5 Å². The quantitative estimate of drug-likeness (QED) is 0.820. The van der Waals surface area contributed by atoms with Crippen LogP contribution in [0.4, 0.5) is 0 Å². The highest BCUT2D eigenvalue weighted by atomic mass is 16.6. The first kappa shape index (κ1) is 15.8. The summed E-state index contributed by atoms with van der Waals surface area (Å²) >= 11 is 0. The fraction of sp³-hybridized carbons (Fsp3) is 0.400. The number of aromatic nitrogens is 2. The highest BCUT2D eigenvalue weighted by Crippen LogP contribution is 2.30. The van der Waals surface area contributed by atoms with Crippen LogP contribution >= 0.6 is 0 Å². The summed E-state index contributed by atoms with van der Waals surface area (Å²) in [6, 6.07) is 4.58. The molecule has 22 heavy (non-hydrogen) atoms. The Kier molecular flexibility index (Phi) is 4.98. The molecule has 1 aromatic heterocycles. The van der Waals surface area contributed by atoms with Crippen LogP contribution < -0.4 is 4.74 Å². The highest BCUT2D eigenvalue weighted by molar-refractivity contribution is 5.93. The molecule has 0 amide bonds. The Morgan fingerprint density at radius 3 is 2.91 bits per heavy atom. The number of carbonyl (C=O) groups is 1. The summed E-state index contributed by atoms with van der Waals surface area (Å²) < 4.78 is 15.3. The molecule has 1 atom stereocenters. The molecule has 0 aliphatic carbocycles. The van der Waals surface area contributed by atoms with Gasteiger partial charge >= 0.3 is 5.97 Å². The number of phenolic OH excluding ortho intramolecular Hbond substituents is 1. The van der Waals surface area contributed by atoms with Crippen molar-refractivity contribution in [3.8, 4) is 11.5 Å². The first-order chi connectivity index (χ1) is 10.6. The van der Waals surface area contributed by atoms with Crippen molar-refractivity contribution in [2.24, 2.45) is 0 Å². The minimum Gasteiger partial charge on any atom is -0.504 e. The SMILES string of the molecule is CCCc1noc([C@H](C)OC(=O)c2cccc(OC)c2O)n1. The lowest BCUT2D eigenvalue weighted by atomic mass is 10.2. The largest absolute Gasteiger partial charge is 0.504 e. The van der Waals surface area contributed by atoms with Crippen molar-refractivity contribution < 1.29 is 23.9 Å². The lowest BCUT2D eigenvalue weighted by Crippen LogP contribution is -2.10. The molecule has 0 aliphatic rings. The number of rotatable bonds is 6. The van der Waals surface area contributed by atoms with Gasteiger partial charge in [-0.05, 0) is 25.5 Å². The van der Waals surface area contributed by atoms with Gasteiger partial charge in [-0.25, -0.2) is 4.79 Å². The molecular formula is C15H18N2O5. The van der Waals surface area contributed by atoms with E-state index in [-0.39, 0.29) is 23.0 Å². The van der Waals surface area contributed by atoms with Crippen LogP contribution in [0.3, 0.4) is 0 Å². The molecule has 7 heteroatoms. The van der Waals surface area contributed by atoms with E-state index >= 15 is 0 Å². The van der Waals surface area contributed by atoms with Crippen LogP contribution in [-0.2, 0) is 11.2 Å². The number of esters is 1. The summed E-state index contributed by atoms with van der Waals surface area (Å²) in [5, 5.41) is 13.7. The highest BCUT2D eigenvalue weighted by Gasteiger charge is 2.22. The maximum absolute atomic E-state index is 12.1. The number of para-hydroxylation sites is 1. The topological polar surface area (TPSA) is 94.7 Å². The van der Waals surface area contributed by atoms with Crippen LogP contribution in [0.25, 0.3) is 0 Å². The number of hydrogen-bond donors (Lipinski definition) is 1. The van der Waals surface area contributed by atoms with E-state index in [1.807, 2.05) is 6.92 Å². The zero-order valence-electron chi connectivity index (χ0n) is 12.7. The van der Waals surface area contributed by atoms with Crippen LogP contribution in [0, 0.1) is 0 Å². The van der Waals surface area contributed by atoms with Gasteiger partial charge in [-0.15, -0.1) is 0 Å². The molecule has 118 valence electrons. The minimum atomic E-state index is -0.712. The van der Waals surface area contributed by atoms with E-state index in [2.05, 4.69) is 10.1 Å². The first-order valence-corrected chi connectivity index (χ1v) is 6.96. The summed E-state index contributed by atoms with van der Waals surface area (Å²) in [5.41, 5.74) is 0.0134. The van der Waals surface area contributed by atoms with E-state index in [1.165, 1.54) is 13.2 Å². The third-order valence-electron chi connectivity index (χ3n) is 3.03. The second-order valence-electron chi connectivity index (χ2n) is 4.70. The number of carbonyl (C=O) groups excluding carboxylic acids is 1. The normalized spacial score (nSPS) is 12.0. The zero-order chi connectivity index (χ0) is 16.1. The second-order valence-corrected chi connectivity index (χ2v) is 4.70. The van der Waals surface area contributed by atoms with Crippen molar-refractivity contribution in [2.45, 2.75) is 32.8 Å². The average molecular weight is 306 g/mol. The van der Waals surface area contributed by atoms with E-state index in [4.69, 9.17) is 14.0 Å². The van der Waals surface area contributed by atoms with E-state index in [0.717, 1.165) is 6.42 Å². The van der Waals surface area contributed by atoms with Crippen molar-refractivity contribution in [3.05, 3.63) is 35.5 Å². The molecule has 0 aliphatic heterocycles. The average Bonchev–Trinajstić information content (AvgIpc) is 2.96. The van der Waals surface area contributed by atoms with Crippen molar-refractivity contribution in [1.29, 1.82) is 0 Å². The summed E-state index contributed by atoms with van der Waals surface area (Å²) in [5.74, 6) is 0.0347. The molecule has 0 fully saturated rings. The summed E-state index contributed by atoms with van der Waals surface area (Å²) in [4.78, 5) is 16.3. The molecule has 0 unspecified atom stereocenters. The second kappa shape index (κ2) is 6.93. The van der Waals surface area contributed by atoms with Crippen molar-refractivity contribution in [3.63, 3.8) is 0 Å².